The molecule has 0 atom stereocenters. The lowest BCUT2D eigenvalue weighted by atomic mass is 10.4. The first-order valence-corrected chi connectivity index (χ1v) is 4.74. The summed E-state index contributed by atoms with van der Waals surface area (Å²) in [6.07, 6.45) is 1.73. The van der Waals surface area contributed by atoms with E-state index in [1.807, 2.05) is 4.68 Å². The molecule has 0 saturated carbocycles. The number of nitrogens with one attached hydrogen (secondary N) is 1. The molecule has 1 fully saturated rings. The van der Waals surface area contributed by atoms with Crippen molar-refractivity contribution in [2.24, 2.45) is 0 Å². The molecule has 0 aromatic carbocycles. The van der Waals surface area contributed by atoms with Crippen LogP contribution in [0.1, 0.15) is 0 Å². The normalized spacial score (nSPS) is 19.3. The van der Waals surface area contributed by atoms with Crippen molar-refractivity contribution in [2.45, 2.75) is 0 Å². The zero-order valence-electron chi connectivity index (χ0n) is 7.60. The summed E-state index contributed by atoms with van der Waals surface area (Å²) in [5, 5.41) is 8.84. The molecule has 0 unspecified atom stereocenters. The van der Waals surface area contributed by atoms with Crippen molar-refractivity contribution in [3.63, 3.8) is 0 Å². The number of likely N-dealkylation sites (N-methyl/N-ethyl adjacent to an activating group) is 1. The number of nitrogens with zero attached hydrogens (tertiary/aromatic N) is 4. The summed E-state index contributed by atoms with van der Waals surface area (Å²) in [5.74, 6) is 0. The average molecular weight is 199 g/mol. The van der Waals surface area contributed by atoms with E-state index in [0.717, 1.165) is 26.2 Å². The molecule has 1 aliphatic heterocycles. The molecule has 2 rings (SSSR count). The standard InChI is InChI=1S/C7H13N5S/c1-10-2-4-11(5-3-10)12-6-8-9-7(12)13/h6H,2-5H2,1H3,(H,9,13). The fraction of sp³-hybridized carbons (Fsp3) is 0.714. The van der Waals surface area contributed by atoms with E-state index >= 15 is 0 Å². The molecular formula is C7H13N5S. The monoisotopic (exact) mass is 199 g/mol. The summed E-state index contributed by atoms with van der Waals surface area (Å²) < 4.78 is 2.58. The zero-order chi connectivity index (χ0) is 9.26. The van der Waals surface area contributed by atoms with E-state index < -0.39 is 0 Å². The van der Waals surface area contributed by atoms with Crippen LogP contribution in [0.25, 0.3) is 0 Å². The lowest BCUT2D eigenvalue weighted by molar-refractivity contribution is 0.286. The maximum absolute atomic E-state index is 5.09. The number of aromatic amines is 1. The van der Waals surface area contributed by atoms with Gasteiger partial charge in [-0.05, 0) is 19.3 Å². The highest BCUT2D eigenvalue weighted by molar-refractivity contribution is 7.71. The third kappa shape index (κ3) is 1.73. The summed E-state index contributed by atoms with van der Waals surface area (Å²) >= 11 is 5.09. The minimum atomic E-state index is 0.671. The third-order valence-corrected chi connectivity index (χ3v) is 2.60. The molecule has 1 aromatic rings. The van der Waals surface area contributed by atoms with Gasteiger partial charge in [-0.3, -0.25) is 5.10 Å². The largest absolute Gasteiger partial charge is 0.307 e. The molecule has 1 saturated heterocycles. The number of rotatable bonds is 1. The molecule has 1 aliphatic rings. The maximum Gasteiger partial charge on any atom is 0.214 e. The summed E-state index contributed by atoms with van der Waals surface area (Å²) in [4.78, 5) is 2.31. The molecule has 0 aliphatic carbocycles. The fourth-order valence-electron chi connectivity index (χ4n) is 1.46. The zero-order valence-corrected chi connectivity index (χ0v) is 8.42. The van der Waals surface area contributed by atoms with E-state index in [-0.39, 0.29) is 0 Å². The second-order valence-corrected chi connectivity index (χ2v) is 3.65. The van der Waals surface area contributed by atoms with Crippen LogP contribution in [-0.4, -0.2) is 53.0 Å². The predicted molar refractivity (Wildman–Crippen MR) is 52.9 cm³/mol. The van der Waals surface area contributed by atoms with E-state index in [1.54, 1.807) is 6.33 Å². The van der Waals surface area contributed by atoms with E-state index in [0.29, 0.717) is 4.77 Å². The molecule has 0 bridgehead atoms. The van der Waals surface area contributed by atoms with Gasteiger partial charge in [0, 0.05) is 26.2 Å². The molecule has 13 heavy (non-hydrogen) atoms. The molecule has 1 N–H and O–H groups in total. The fourth-order valence-corrected chi connectivity index (χ4v) is 1.67. The van der Waals surface area contributed by atoms with Crippen molar-refractivity contribution in [1.29, 1.82) is 0 Å². The van der Waals surface area contributed by atoms with Crippen LogP contribution < -0.4 is 5.01 Å². The van der Waals surface area contributed by atoms with E-state index in [2.05, 4.69) is 27.2 Å². The third-order valence-electron chi connectivity index (χ3n) is 2.32. The smallest absolute Gasteiger partial charge is 0.214 e. The Balaban J connectivity index is 2.11. The second-order valence-electron chi connectivity index (χ2n) is 3.26. The van der Waals surface area contributed by atoms with Gasteiger partial charge in [-0.15, -0.1) is 0 Å². The van der Waals surface area contributed by atoms with Crippen LogP contribution in [0.2, 0.25) is 0 Å². The summed E-state index contributed by atoms with van der Waals surface area (Å²) in [7, 11) is 2.13. The van der Waals surface area contributed by atoms with E-state index in [4.69, 9.17) is 12.2 Å². The van der Waals surface area contributed by atoms with Crippen molar-refractivity contribution >= 4 is 12.2 Å². The Hall–Kier alpha value is -0.880. The van der Waals surface area contributed by atoms with Crippen LogP contribution in [0.15, 0.2) is 6.33 Å². The predicted octanol–water partition coefficient (Wildman–Crippen LogP) is -0.176. The van der Waals surface area contributed by atoms with Crippen LogP contribution >= 0.6 is 12.2 Å². The molecule has 2 heterocycles. The first-order valence-electron chi connectivity index (χ1n) is 4.33. The van der Waals surface area contributed by atoms with Crippen LogP contribution in [0.3, 0.4) is 0 Å². The summed E-state index contributed by atoms with van der Waals surface area (Å²) in [6.45, 7) is 4.16. The molecule has 0 amide bonds. The molecular weight excluding hydrogens is 186 g/mol. The first-order chi connectivity index (χ1) is 6.27. The van der Waals surface area contributed by atoms with Crippen LogP contribution in [0, 0.1) is 4.77 Å². The van der Waals surface area contributed by atoms with Crippen molar-refractivity contribution in [1.82, 2.24) is 19.8 Å². The van der Waals surface area contributed by atoms with Gasteiger partial charge < -0.3 is 9.91 Å². The van der Waals surface area contributed by atoms with Crippen LogP contribution in [0.4, 0.5) is 0 Å². The topological polar surface area (TPSA) is 40.1 Å². The Bertz CT molecular complexity index is 322. The number of hydrogen-bond acceptors (Lipinski definition) is 4. The lowest BCUT2D eigenvalue weighted by Crippen LogP contribution is -2.49. The minimum absolute atomic E-state index is 0.671. The van der Waals surface area contributed by atoms with Crippen LogP contribution in [0.5, 0.6) is 0 Å². The highest BCUT2D eigenvalue weighted by Gasteiger charge is 2.14. The van der Waals surface area contributed by atoms with Crippen molar-refractivity contribution in [2.75, 3.05) is 38.2 Å². The number of H-pyrrole nitrogens is 1. The highest BCUT2D eigenvalue weighted by Crippen LogP contribution is 1.98. The Morgan fingerprint density at radius 2 is 2.08 bits per heavy atom. The first kappa shape index (κ1) is 8.71. The lowest BCUT2D eigenvalue weighted by Gasteiger charge is -2.33. The Morgan fingerprint density at radius 1 is 1.38 bits per heavy atom. The quantitative estimate of drug-likeness (QED) is 0.637. The van der Waals surface area contributed by atoms with Crippen molar-refractivity contribution < 1.29 is 0 Å². The van der Waals surface area contributed by atoms with Crippen LogP contribution in [-0.2, 0) is 0 Å². The Morgan fingerprint density at radius 3 is 2.62 bits per heavy atom. The molecule has 0 spiro atoms. The van der Waals surface area contributed by atoms with Gasteiger partial charge in [-0.25, -0.2) is 4.68 Å². The number of aromatic nitrogens is 3. The molecule has 72 valence electrons. The second kappa shape index (κ2) is 3.47. The SMILES string of the molecule is CN1CCN(n2cn[nH]c2=S)CC1. The van der Waals surface area contributed by atoms with Gasteiger partial charge in [0.15, 0.2) is 0 Å². The Labute approximate surface area is 81.9 Å². The van der Waals surface area contributed by atoms with Gasteiger partial charge >= 0.3 is 0 Å². The van der Waals surface area contributed by atoms with Gasteiger partial charge in [-0.2, -0.15) is 5.10 Å². The highest BCUT2D eigenvalue weighted by atomic mass is 32.1. The number of hydrogen-bond donors (Lipinski definition) is 1. The Kier molecular flexibility index (Phi) is 2.32. The summed E-state index contributed by atoms with van der Waals surface area (Å²) in [5.41, 5.74) is 0. The molecule has 6 heteroatoms. The van der Waals surface area contributed by atoms with Crippen molar-refractivity contribution in [3.8, 4) is 0 Å². The van der Waals surface area contributed by atoms with Crippen molar-refractivity contribution in [3.05, 3.63) is 11.1 Å². The van der Waals surface area contributed by atoms with Gasteiger partial charge in [0.05, 0.1) is 0 Å². The van der Waals surface area contributed by atoms with Gasteiger partial charge in [0.2, 0.25) is 4.77 Å². The van der Waals surface area contributed by atoms with Gasteiger partial charge in [0.1, 0.15) is 6.33 Å². The molecule has 1 aromatic heterocycles. The maximum atomic E-state index is 5.09. The summed E-state index contributed by atoms with van der Waals surface area (Å²) in [6, 6.07) is 0. The molecule has 0 radical (unpaired) electrons. The van der Waals surface area contributed by atoms with E-state index in [9.17, 15) is 0 Å². The number of piperazine rings is 1. The van der Waals surface area contributed by atoms with Gasteiger partial charge in [-0.1, -0.05) is 0 Å². The van der Waals surface area contributed by atoms with Gasteiger partial charge in [0.25, 0.3) is 0 Å². The molecule has 5 nitrogen and oxygen atoms in total. The average Bonchev–Trinajstić information content (AvgIpc) is 2.53. The minimum Gasteiger partial charge on any atom is -0.307 e. The van der Waals surface area contributed by atoms with E-state index in [1.165, 1.54) is 0 Å².